The van der Waals surface area contributed by atoms with Gasteiger partial charge in [0.05, 0.1) is 11.4 Å². The van der Waals surface area contributed by atoms with Gasteiger partial charge in [-0.2, -0.15) is 0 Å². The number of anilines is 2. The van der Waals surface area contributed by atoms with Crippen LogP contribution < -0.4 is 21.3 Å². The molecule has 1 aliphatic heterocycles. The molecule has 164 valence electrons. The number of amides is 1. The Morgan fingerprint density at radius 1 is 1.32 bits per heavy atom. The highest BCUT2D eigenvalue weighted by Crippen LogP contribution is 2.32. The molecule has 6 nitrogen and oxygen atoms in total. The second-order valence-corrected chi connectivity index (χ2v) is 8.77. The van der Waals surface area contributed by atoms with Crippen molar-refractivity contribution in [1.82, 2.24) is 15.6 Å². The number of nitrogens with two attached hydrogens (primary N) is 1. The number of nitrogen functional groups attached to an aromatic ring is 1. The minimum atomic E-state index is -0.473. The maximum Gasteiger partial charge on any atom is 0.263 e. The zero-order valence-electron chi connectivity index (χ0n) is 17.5. The fourth-order valence-corrected chi connectivity index (χ4v) is 4.93. The second-order valence-electron chi connectivity index (χ2n) is 7.77. The Morgan fingerprint density at radius 3 is 2.87 bits per heavy atom. The Morgan fingerprint density at radius 2 is 2.13 bits per heavy atom. The average molecular weight is 446 g/mol. The van der Waals surface area contributed by atoms with Crippen molar-refractivity contribution in [2.24, 2.45) is 0 Å². The Balaban J connectivity index is 1.41. The van der Waals surface area contributed by atoms with E-state index in [-0.39, 0.29) is 36.2 Å². The second kappa shape index (κ2) is 8.76. The van der Waals surface area contributed by atoms with Crippen molar-refractivity contribution < 1.29 is 13.6 Å². The van der Waals surface area contributed by atoms with Crippen molar-refractivity contribution in [3.63, 3.8) is 0 Å². The third-order valence-electron chi connectivity index (χ3n) is 5.67. The maximum absolute atomic E-state index is 14.6. The van der Waals surface area contributed by atoms with Crippen LogP contribution in [-0.2, 0) is 6.42 Å². The van der Waals surface area contributed by atoms with Crippen LogP contribution >= 0.6 is 11.3 Å². The minimum Gasteiger partial charge on any atom is -0.397 e. The summed E-state index contributed by atoms with van der Waals surface area (Å²) >= 11 is 1.22. The van der Waals surface area contributed by atoms with Gasteiger partial charge in [-0.05, 0) is 50.6 Å². The molecule has 3 aromatic rings. The summed E-state index contributed by atoms with van der Waals surface area (Å²) in [5.41, 5.74) is 7.85. The number of nitrogens with zero attached hydrogens (tertiary/aromatic N) is 2. The summed E-state index contributed by atoms with van der Waals surface area (Å²) < 4.78 is 29.2. The number of halogens is 2. The highest BCUT2D eigenvalue weighted by Gasteiger charge is 2.24. The van der Waals surface area contributed by atoms with Gasteiger partial charge in [0.1, 0.15) is 21.3 Å². The summed E-state index contributed by atoms with van der Waals surface area (Å²) in [5, 5.41) is 6.66. The molecule has 4 N–H and O–H groups in total. The van der Waals surface area contributed by atoms with Gasteiger partial charge in [-0.1, -0.05) is 0 Å². The number of aromatic nitrogens is 1. The first-order chi connectivity index (χ1) is 14.9. The first-order valence-corrected chi connectivity index (χ1v) is 11.0. The summed E-state index contributed by atoms with van der Waals surface area (Å²) in [7, 11) is 1.87. The van der Waals surface area contributed by atoms with E-state index in [4.69, 9.17) is 5.73 Å². The minimum absolute atomic E-state index is 0.167. The molecule has 0 aliphatic carbocycles. The molecule has 0 spiro atoms. The molecule has 1 atom stereocenters. The van der Waals surface area contributed by atoms with Crippen LogP contribution in [0, 0.1) is 18.6 Å². The van der Waals surface area contributed by atoms with Crippen molar-refractivity contribution in [1.29, 1.82) is 0 Å². The molecular formula is C22H25F2N5OS. The Hall–Kier alpha value is -2.78. The molecule has 31 heavy (non-hydrogen) atoms. The van der Waals surface area contributed by atoms with Crippen LogP contribution in [0.3, 0.4) is 0 Å². The van der Waals surface area contributed by atoms with Gasteiger partial charge in [-0.15, -0.1) is 11.3 Å². The summed E-state index contributed by atoms with van der Waals surface area (Å²) in [6.07, 6.45) is 1.07. The van der Waals surface area contributed by atoms with Gasteiger partial charge in [0.15, 0.2) is 0 Å². The molecule has 9 heteroatoms. The molecule has 2 aromatic heterocycles. The van der Waals surface area contributed by atoms with E-state index in [1.54, 1.807) is 0 Å². The highest BCUT2D eigenvalue weighted by atomic mass is 32.1. The van der Waals surface area contributed by atoms with Crippen molar-refractivity contribution >= 4 is 38.8 Å². The fourth-order valence-electron chi connectivity index (χ4n) is 3.88. The molecular weight excluding hydrogens is 420 g/mol. The predicted octanol–water partition coefficient (Wildman–Crippen LogP) is 3.24. The van der Waals surface area contributed by atoms with Gasteiger partial charge in [0, 0.05) is 42.8 Å². The van der Waals surface area contributed by atoms with Crippen LogP contribution in [0.5, 0.6) is 0 Å². The van der Waals surface area contributed by atoms with Crippen molar-refractivity contribution in [2.45, 2.75) is 25.8 Å². The lowest BCUT2D eigenvalue weighted by molar-refractivity contribution is 0.0959. The summed E-state index contributed by atoms with van der Waals surface area (Å²) in [6, 6.07) is 6.44. The molecule has 0 saturated carbocycles. The third kappa shape index (κ3) is 4.33. The van der Waals surface area contributed by atoms with Crippen LogP contribution in [0.1, 0.15) is 27.3 Å². The number of pyridine rings is 1. The number of rotatable bonds is 6. The molecule has 1 aliphatic rings. The first kappa shape index (κ1) is 21.5. The van der Waals surface area contributed by atoms with E-state index >= 15 is 0 Å². The molecule has 1 amide bonds. The van der Waals surface area contributed by atoms with Crippen molar-refractivity contribution in [3.05, 3.63) is 52.0 Å². The van der Waals surface area contributed by atoms with Gasteiger partial charge >= 0.3 is 0 Å². The predicted molar refractivity (Wildman–Crippen MR) is 121 cm³/mol. The number of nitrogens with one attached hydrogen (secondary N) is 2. The number of aryl methyl sites for hydroxylation is 1. The zero-order valence-corrected chi connectivity index (χ0v) is 18.3. The van der Waals surface area contributed by atoms with Crippen LogP contribution in [0.25, 0.3) is 10.2 Å². The number of hydrogen-bond donors (Lipinski definition) is 3. The fraction of sp³-hybridized carbons (Fsp3) is 0.364. The SMILES string of the molecule is CN[C@H]1CCN(c2cc(F)c(CCNC(=O)c3sc4nc(C)ccc4c3N)cc2F)C1. The van der Waals surface area contributed by atoms with E-state index < -0.39 is 11.6 Å². The highest BCUT2D eigenvalue weighted by molar-refractivity contribution is 7.21. The standard InChI is InChI=1S/C22H25F2N5OS/c1-12-3-4-15-19(25)20(31-22(15)28-12)21(30)27-7-5-13-9-17(24)18(10-16(13)23)29-8-6-14(11-29)26-2/h3-4,9-10,14,26H,5-8,11,25H2,1-2H3,(H,27,30)/t14-/m0/s1. The van der Waals surface area contributed by atoms with Gasteiger partial charge < -0.3 is 21.3 Å². The first-order valence-electron chi connectivity index (χ1n) is 10.2. The summed E-state index contributed by atoms with van der Waals surface area (Å²) in [4.78, 5) is 19.9. The Labute approximate surface area is 183 Å². The van der Waals surface area contributed by atoms with Gasteiger partial charge in [-0.25, -0.2) is 13.8 Å². The van der Waals surface area contributed by atoms with E-state index in [1.807, 2.05) is 31.0 Å². The quantitative estimate of drug-likeness (QED) is 0.543. The third-order valence-corrected chi connectivity index (χ3v) is 6.79. The van der Waals surface area contributed by atoms with E-state index in [0.717, 1.165) is 17.5 Å². The van der Waals surface area contributed by atoms with E-state index in [9.17, 15) is 13.6 Å². The van der Waals surface area contributed by atoms with Gasteiger partial charge in [0.2, 0.25) is 0 Å². The monoisotopic (exact) mass is 445 g/mol. The Kier molecular flexibility index (Phi) is 6.06. The normalized spacial score (nSPS) is 16.3. The maximum atomic E-state index is 14.6. The average Bonchev–Trinajstić information content (AvgIpc) is 3.34. The van der Waals surface area contributed by atoms with Crippen LogP contribution in [0.15, 0.2) is 24.3 Å². The largest absolute Gasteiger partial charge is 0.397 e. The lowest BCUT2D eigenvalue weighted by Crippen LogP contribution is -2.30. The number of thiophene rings is 1. The number of carbonyl (C=O) groups excluding carboxylic acids is 1. The lowest BCUT2D eigenvalue weighted by atomic mass is 10.1. The molecule has 0 unspecified atom stereocenters. The van der Waals surface area contributed by atoms with Gasteiger partial charge in [-0.3, -0.25) is 4.79 Å². The number of likely N-dealkylation sites (N-methyl/N-ethyl adjacent to an activating group) is 1. The number of benzene rings is 1. The van der Waals surface area contributed by atoms with Crippen LogP contribution in [-0.4, -0.2) is 43.6 Å². The van der Waals surface area contributed by atoms with Gasteiger partial charge in [0.25, 0.3) is 5.91 Å². The lowest BCUT2D eigenvalue weighted by Gasteiger charge is -2.20. The zero-order chi connectivity index (χ0) is 22.1. The number of hydrogen-bond acceptors (Lipinski definition) is 6. The molecule has 0 radical (unpaired) electrons. The molecule has 0 bridgehead atoms. The molecule has 1 saturated heterocycles. The molecule has 1 fully saturated rings. The topological polar surface area (TPSA) is 83.3 Å². The van der Waals surface area contributed by atoms with E-state index in [1.165, 1.54) is 23.5 Å². The number of fused-ring (bicyclic) bond motifs is 1. The Bertz CT molecular complexity index is 1130. The number of carbonyl (C=O) groups is 1. The smallest absolute Gasteiger partial charge is 0.263 e. The van der Waals surface area contributed by atoms with Crippen LogP contribution in [0.2, 0.25) is 0 Å². The van der Waals surface area contributed by atoms with E-state index in [0.29, 0.717) is 28.5 Å². The summed E-state index contributed by atoms with van der Waals surface area (Å²) in [6.45, 7) is 3.37. The van der Waals surface area contributed by atoms with Crippen molar-refractivity contribution in [2.75, 3.05) is 37.3 Å². The van der Waals surface area contributed by atoms with Crippen LogP contribution in [0.4, 0.5) is 20.2 Å². The van der Waals surface area contributed by atoms with Crippen molar-refractivity contribution in [3.8, 4) is 0 Å². The summed E-state index contributed by atoms with van der Waals surface area (Å²) in [5.74, 6) is -1.26. The molecule has 3 heterocycles. The molecule has 1 aromatic carbocycles. The van der Waals surface area contributed by atoms with E-state index in [2.05, 4.69) is 15.6 Å². The molecule has 4 rings (SSSR count).